The number of likely N-dealkylation sites (tertiary alicyclic amines) is 1. The van der Waals surface area contributed by atoms with Gasteiger partial charge in [-0.2, -0.15) is 0 Å². The van der Waals surface area contributed by atoms with Crippen LogP contribution >= 0.6 is 0 Å². The summed E-state index contributed by atoms with van der Waals surface area (Å²) >= 11 is 0. The van der Waals surface area contributed by atoms with Gasteiger partial charge >= 0.3 is 0 Å². The van der Waals surface area contributed by atoms with E-state index in [1.54, 1.807) is 23.9 Å². The highest BCUT2D eigenvalue weighted by Crippen LogP contribution is 2.22. The number of rotatable bonds is 6. The van der Waals surface area contributed by atoms with Crippen molar-refractivity contribution in [1.29, 1.82) is 0 Å². The van der Waals surface area contributed by atoms with Crippen molar-refractivity contribution in [3.63, 3.8) is 0 Å². The summed E-state index contributed by atoms with van der Waals surface area (Å²) in [5.41, 5.74) is 1.31. The maximum Gasteiger partial charge on any atom is 0.244 e. The lowest BCUT2D eigenvalue weighted by molar-refractivity contribution is -0.142. The quantitative estimate of drug-likeness (QED) is 0.809. The fraction of sp³-hybridized carbons (Fsp3) is 0.579. The molecule has 1 fully saturated rings. The van der Waals surface area contributed by atoms with E-state index < -0.39 is 0 Å². The minimum Gasteiger partial charge on any atom is -0.347 e. The normalized spacial score (nSPS) is 18.7. The molecule has 126 valence electrons. The summed E-state index contributed by atoms with van der Waals surface area (Å²) < 4.78 is 0. The van der Waals surface area contributed by atoms with Gasteiger partial charge in [-0.05, 0) is 37.2 Å². The maximum absolute atomic E-state index is 12.6. The van der Waals surface area contributed by atoms with E-state index in [0.717, 1.165) is 25.7 Å². The number of carbonyl (C=O) groups is 2. The second-order valence-corrected chi connectivity index (χ2v) is 6.81. The van der Waals surface area contributed by atoms with Crippen LogP contribution in [0.3, 0.4) is 0 Å². The highest BCUT2D eigenvalue weighted by atomic mass is 16.2. The molecule has 0 bridgehead atoms. The van der Waals surface area contributed by atoms with Crippen molar-refractivity contribution in [1.82, 2.24) is 9.80 Å². The lowest BCUT2D eigenvalue weighted by Gasteiger charge is -2.27. The Hall–Kier alpha value is -1.84. The minimum absolute atomic E-state index is 0.0489. The van der Waals surface area contributed by atoms with Gasteiger partial charge in [-0.3, -0.25) is 9.59 Å². The van der Waals surface area contributed by atoms with E-state index in [-0.39, 0.29) is 17.9 Å². The first-order chi connectivity index (χ1) is 11.0. The van der Waals surface area contributed by atoms with Crippen LogP contribution < -0.4 is 0 Å². The molecule has 1 saturated heterocycles. The average Bonchev–Trinajstić information content (AvgIpc) is 3.02. The van der Waals surface area contributed by atoms with Crippen LogP contribution in [0.1, 0.15) is 38.2 Å². The van der Waals surface area contributed by atoms with E-state index in [4.69, 9.17) is 0 Å². The van der Waals surface area contributed by atoms with E-state index in [1.165, 1.54) is 5.56 Å². The molecule has 0 spiro atoms. The molecule has 4 nitrogen and oxygen atoms in total. The van der Waals surface area contributed by atoms with Gasteiger partial charge in [-0.15, -0.1) is 0 Å². The van der Waals surface area contributed by atoms with Crippen LogP contribution in [0.2, 0.25) is 0 Å². The fourth-order valence-corrected chi connectivity index (χ4v) is 3.20. The summed E-state index contributed by atoms with van der Waals surface area (Å²) in [6.07, 6.45) is 4.24. The Morgan fingerprint density at radius 2 is 1.96 bits per heavy atom. The van der Waals surface area contributed by atoms with Gasteiger partial charge in [0.2, 0.25) is 11.8 Å². The maximum atomic E-state index is 12.6. The lowest BCUT2D eigenvalue weighted by Crippen LogP contribution is -2.45. The SMILES string of the molecule is CC(CCc1ccccc1)CC(=O)N1CCCC1C(=O)N(C)C. The summed E-state index contributed by atoms with van der Waals surface area (Å²) in [4.78, 5) is 28.1. The van der Waals surface area contributed by atoms with Crippen LogP contribution in [0.15, 0.2) is 30.3 Å². The molecule has 1 aliphatic heterocycles. The van der Waals surface area contributed by atoms with Gasteiger partial charge in [0.1, 0.15) is 6.04 Å². The largest absolute Gasteiger partial charge is 0.347 e. The second-order valence-electron chi connectivity index (χ2n) is 6.81. The molecule has 23 heavy (non-hydrogen) atoms. The Kier molecular flexibility index (Phi) is 6.20. The van der Waals surface area contributed by atoms with E-state index in [2.05, 4.69) is 19.1 Å². The molecule has 1 aliphatic rings. The topological polar surface area (TPSA) is 40.6 Å². The van der Waals surface area contributed by atoms with Crippen molar-refractivity contribution in [3.8, 4) is 0 Å². The third-order valence-corrected chi connectivity index (χ3v) is 4.59. The lowest BCUT2D eigenvalue weighted by atomic mass is 9.97. The van der Waals surface area contributed by atoms with Crippen molar-refractivity contribution < 1.29 is 9.59 Å². The van der Waals surface area contributed by atoms with E-state index in [1.807, 2.05) is 18.2 Å². The summed E-state index contributed by atoms with van der Waals surface area (Å²) in [5, 5.41) is 0. The molecule has 0 radical (unpaired) electrons. The number of hydrogen-bond donors (Lipinski definition) is 0. The predicted octanol–water partition coefficient (Wildman–Crippen LogP) is 2.72. The molecule has 2 unspecified atom stereocenters. The van der Waals surface area contributed by atoms with Crippen LogP contribution in [0.4, 0.5) is 0 Å². The van der Waals surface area contributed by atoms with Crippen molar-refractivity contribution >= 4 is 11.8 Å². The molecule has 0 N–H and O–H groups in total. The Morgan fingerprint density at radius 1 is 1.26 bits per heavy atom. The molecule has 1 aromatic carbocycles. The van der Waals surface area contributed by atoms with Gasteiger partial charge in [-0.25, -0.2) is 0 Å². The van der Waals surface area contributed by atoms with Crippen molar-refractivity contribution in [2.75, 3.05) is 20.6 Å². The number of aryl methyl sites for hydroxylation is 1. The molecule has 0 aromatic heterocycles. The number of benzene rings is 1. The molecule has 1 heterocycles. The first-order valence-corrected chi connectivity index (χ1v) is 8.53. The molecule has 2 rings (SSSR count). The third-order valence-electron chi connectivity index (χ3n) is 4.59. The monoisotopic (exact) mass is 316 g/mol. The standard InChI is InChI=1S/C19H28N2O2/c1-15(11-12-16-8-5-4-6-9-16)14-18(22)21-13-7-10-17(21)19(23)20(2)3/h4-6,8-9,15,17H,7,10-14H2,1-3H3. The van der Waals surface area contributed by atoms with Gasteiger partial charge in [0.05, 0.1) is 0 Å². The number of hydrogen-bond acceptors (Lipinski definition) is 2. The average molecular weight is 316 g/mol. The number of carbonyl (C=O) groups excluding carboxylic acids is 2. The summed E-state index contributed by atoms with van der Waals surface area (Å²) in [7, 11) is 3.51. The highest BCUT2D eigenvalue weighted by molar-refractivity contribution is 5.88. The smallest absolute Gasteiger partial charge is 0.244 e. The molecular formula is C19H28N2O2. The first-order valence-electron chi connectivity index (χ1n) is 8.53. The number of nitrogens with zero attached hydrogens (tertiary/aromatic N) is 2. The summed E-state index contributed by atoms with van der Waals surface area (Å²) in [5.74, 6) is 0.509. The number of amides is 2. The van der Waals surface area contributed by atoms with Gasteiger partial charge in [0.25, 0.3) is 0 Å². The van der Waals surface area contributed by atoms with Gasteiger partial charge < -0.3 is 9.80 Å². The Balaban J connectivity index is 1.84. The zero-order chi connectivity index (χ0) is 16.8. The number of likely N-dealkylation sites (N-methyl/N-ethyl adjacent to an activating group) is 1. The van der Waals surface area contributed by atoms with Crippen molar-refractivity contribution in [2.24, 2.45) is 5.92 Å². The Bertz CT molecular complexity index is 527. The van der Waals surface area contributed by atoms with Crippen LogP contribution in [0.5, 0.6) is 0 Å². The summed E-state index contributed by atoms with van der Waals surface area (Å²) in [6.45, 7) is 2.84. The van der Waals surface area contributed by atoms with E-state index >= 15 is 0 Å². The zero-order valence-electron chi connectivity index (χ0n) is 14.5. The fourth-order valence-electron chi connectivity index (χ4n) is 3.20. The minimum atomic E-state index is -0.251. The molecule has 0 aliphatic carbocycles. The first kappa shape index (κ1) is 17.5. The zero-order valence-corrected chi connectivity index (χ0v) is 14.5. The van der Waals surface area contributed by atoms with Crippen molar-refractivity contribution in [2.45, 2.75) is 45.1 Å². The molecule has 2 amide bonds. The van der Waals surface area contributed by atoms with E-state index in [0.29, 0.717) is 18.9 Å². The third kappa shape index (κ3) is 4.81. The second kappa shape index (κ2) is 8.14. The molecule has 0 saturated carbocycles. The van der Waals surface area contributed by atoms with Gasteiger partial charge in [0.15, 0.2) is 0 Å². The highest BCUT2D eigenvalue weighted by Gasteiger charge is 2.34. The summed E-state index contributed by atoms with van der Waals surface area (Å²) in [6, 6.07) is 10.1. The van der Waals surface area contributed by atoms with E-state index in [9.17, 15) is 9.59 Å². The molecule has 2 atom stereocenters. The predicted molar refractivity (Wildman–Crippen MR) is 92.0 cm³/mol. The van der Waals surface area contributed by atoms with Gasteiger partial charge in [-0.1, -0.05) is 37.3 Å². The Morgan fingerprint density at radius 3 is 2.61 bits per heavy atom. The molecule has 1 aromatic rings. The molecule has 4 heteroatoms. The Labute approximate surface area is 139 Å². The van der Waals surface area contributed by atoms with Crippen LogP contribution in [-0.4, -0.2) is 48.3 Å². The van der Waals surface area contributed by atoms with Crippen LogP contribution in [-0.2, 0) is 16.0 Å². The van der Waals surface area contributed by atoms with Gasteiger partial charge in [0, 0.05) is 27.1 Å². The van der Waals surface area contributed by atoms with Crippen molar-refractivity contribution in [3.05, 3.63) is 35.9 Å². The van der Waals surface area contributed by atoms with Crippen LogP contribution in [0, 0.1) is 5.92 Å². The van der Waals surface area contributed by atoms with Crippen LogP contribution in [0.25, 0.3) is 0 Å². The molecular weight excluding hydrogens is 288 g/mol.